The number of carbonyl (C=O) groups excluding carboxylic acids is 1. The van der Waals surface area contributed by atoms with Crippen LogP contribution in [0.3, 0.4) is 0 Å². The van der Waals surface area contributed by atoms with Gasteiger partial charge in [0.25, 0.3) is 0 Å². The minimum Gasteiger partial charge on any atom is -0.507 e. The van der Waals surface area contributed by atoms with Crippen molar-refractivity contribution in [3.05, 3.63) is 72.0 Å². The summed E-state index contributed by atoms with van der Waals surface area (Å²) in [4.78, 5) is 24.3. The van der Waals surface area contributed by atoms with E-state index >= 15 is 0 Å². The van der Waals surface area contributed by atoms with Crippen LogP contribution in [0.5, 0.6) is 23.0 Å². The summed E-state index contributed by atoms with van der Waals surface area (Å²) in [6.07, 6.45) is 6.56. The van der Waals surface area contributed by atoms with Crippen LogP contribution < -0.4 is 19.6 Å². The highest BCUT2D eigenvalue weighted by Crippen LogP contribution is 2.40. The summed E-state index contributed by atoms with van der Waals surface area (Å²) in [5.41, 5.74) is -1.65. The molecule has 0 aliphatic heterocycles. The third kappa shape index (κ3) is 6.52. The van der Waals surface area contributed by atoms with Crippen molar-refractivity contribution in [2.75, 3.05) is 13.2 Å². The Bertz CT molecular complexity index is 1430. The van der Waals surface area contributed by atoms with E-state index in [1.54, 1.807) is 36.4 Å². The molecule has 2 aromatic carbocycles. The number of fused-ring (bicyclic) bond motifs is 2. The zero-order chi connectivity index (χ0) is 27.4. The van der Waals surface area contributed by atoms with Crippen LogP contribution in [0.25, 0.3) is 21.9 Å². The van der Waals surface area contributed by atoms with Crippen molar-refractivity contribution in [3.63, 3.8) is 0 Å². The van der Waals surface area contributed by atoms with Gasteiger partial charge in [-0.1, -0.05) is 13.2 Å². The summed E-state index contributed by atoms with van der Waals surface area (Å²) < 4.78 is 29.0. The normalized spacial score (nSPS) is 12.0. The number of phenols is 1. The van der Waals surface area contributed by atoms with E-state index in [-0.39, 0.29) is 46.7 Å². The van der Waals surface area contributed by atoms with Crippen LogP contribution in [0.4, 0.5) is 0 Å². The molecular weight excluding hydrogens is 476 g/mol. The third-order valence-electron chi connectivity index (χ3n) is 5.43. The second kappa shape index (κ2) is 10.8. The molecule has 1 aromatic heterocycles. The molecule has 1 heterocycles. The lowest BCUT2D eigenvalue weighted by Gasteiger charge is -2.24. The predicted molar refractivity (Wildman–Crippen MR) is 143 cm³/mol. The molecule has 0 spiro atoms. The van der Waals surface area contributed by atoms with Crippen molar-refractivity contribution < 1.29 is 33.3 Å². The molecule has 0 radical (unpaired) electrons. The number of esters is 1. The van der Waals surface area contributed by atoms with Gasteiger partial charge < -0.3 is 28.5 Å². The molecule has 0 fully saturated rings. The van der Waals surface area contributed by atoms with Gasteiger partial charge in [-0.15, -0.1) is 0 Å². The molecule has 0 saturated heterocycles. The van der Waals surface area contributed by atoms with Crippen LogP contribution in [-0.2, 0) is 9.53 Å². The average molecular weight is 509 g/mol. The largest absolute Gasteiger partial charge is 0.507 e. The van der Waals surface area contributed by atoms with E-state index in [0.717, 1.165) is 0 Å². The first-order valence-electron chi connectivity index (χ1n) is 11.7. The van der Waals surface area contributed by atoms with Crippen LogP contribution >= 0.6 is 0 Å². The molecule has 0 aliphatic carbocycles. The van der Waals surface area contributed by atoms with E-state index in [0.29, 0.717) is 11.5 Å². The molecule has 3 aromatic rings. The maximum absolute atomic E-state index is 13.4. The van der Waals surface area contributed by atoms with Crippen molar-refractivity contribution in [3.8, 4) is 23.0 Å². The summed E-state index contributed by atoms with van der Waals surface area (Å²) in [5.74, 6) is 0.165. The molecular formula is C29H32O8. The Morgan fingerprint density at radius 3 is 2.32 bits per heavy atom. The van der Waals surface area contributed by atoms with Crippen molar-refractivity contribution in [2.24, 2.45) is 0 Å². The molecule has 0 atom stereocenters. The zero-order valence-corrected chi connectivity index (χ0v) is 21.8. The van der Waals surface area contributed by atoms with Gasteiger partial charge in [0, 0.05) is 19.1 Å². The standard InChI is InChI=1S/C29H32O8/c1-8-28(4,5)36-19-16-21(31)24-23(17-19)35-26-20(25(24)32)12-13-22(37-29(6,7)9-2)27(26)34-15-11-10-14-33-18(3)30/h8-13,16-17,31H,1-2,14-15H2,3-7H3/b11-10+. The van der Waals surface area contributed by atoms with E-state index in [4.69, 9.17) is 23.4 Å². The maximum Gasteiger partial charge on any atom is 0.302 e. The summed E-state index contributed by atoms with van der Waals surface area (Å²) in [6, 6.07) is 6.06. The SMILES string of the molecule is C=CC(C)(C)Oc1cc(O)c2c(=O)c3ccc(OC(C)(C)C=C)c(OC/C=C/COC(C)=O)c3oc2c1. The van der Waals surface area contributed by atoms with Crippen LogP contribution in [0.1, 0.15) is 34.6 Å². The molecule has 0 saturated carbocycles. The molecule has 3 rings (SSSR count). The van der Waals surface area contributed by atoms with Crippen LogP contribution in [-0.4, -0.2) is 35.5 Å². The average Bonchev–Trinajstić information content (AvgIpc) is 2.81. The topological polar surface area (TPSA) is 104 Å². The first-order valence-corrected chi connectivity index (χ1v) is 11.7. The van der Waals surface area contributed by atoms with Gasteiger partial charge in [-0.05, 0) is 64.1 Å². The summed E-state index contributed by atoms with van der Waals surface area (Å²) >= 11 is 0. The van der Waals surface area contributed by atoms with Gasteiger partial charge in [0.05, 0.1) is 5.39 Å². The minimum absolute atomic E-state index is 0.0172. The van der Waals surface area contributed by atoms with E-state index in [9.17, 15) is 14.7 Å². The fourth-order valence-electron chi connectivity index (χ4n) is 3.33. The van der Waals surface area contributed by atoms with Gasteiger partial charge >= 0.3 is 5.97 Å². The Labute approximate surface area is 215 Å². The summed E-state index contributed by atoms with van der Waals surface area (Å²) in [5, 5.41) is 10.9. The lowest BCUT2D eigenvalue weighted by Crippen LogP contribution is -2.25. The van der Waals surface area contributed by atoms with Crippen LogP contribution in [0.2, 0.25) is 0 Å². The quantitative estimate of drug-likeness (QED) is 0.196. The Balaban J connectivity index is 2.16. The molecule has 1 N–H and O–H groups in total. The third-order valence-corrected chi connectivity index (χ3v) is 5.43. The minimum atomic E-state index is -0.746. The van der Waals surface area contributed by atoms with E-state index in [1.807, 2.05) is 27.7 Å². The second-order valence-corrected chi connectivity index (χ2v) is 9.42. The molecule has 0 bridgehead atoms. The first kappa shape index (κ1) is 27.4. The smallest absolute Gasteiger partial charge is 0.302 e. The van der Waals surface area contributed by atoms with Gasteiger partial charge in [0.2, 0.25) is 11.2 Å². The zero-order valence-electron chi connectivity index (χ0n) is 21.8. The van der Waals surface area contributed by atoms with E-state index in [1.165, 1.54) is 19.1 Å². The fraction of sp³-hybridized carbons (Fsp3) is 0.310. The Kier molecular flexibility index (Phi) is 8.01. The van der Waals surface area contributed by atoms with Crippen LogP contribution in [0.15, 0.2) is 70.9 Å². The summed E-state index contributed by atoms with van der Waals surface area (Å²) in [7, 11) is 0. The number of hydrogen-bond donors (Lipinski definition) is 1. The highest BCUT2D eigenvalue weighted by molar-refractivity contribution is 5.96. The van der Waals surface area contributed by atoms with Crippen LogP contribution in [0, 0.1) is 0 Å². The second-order valence-electron chi connectivity index (χ2n) is 9.42. The van der Waals surface area contributed by atoms with Crippen molar-refractivity contribution >= 4 is 27.9 Å². The Hall–Kier alpha value is -4.20. The van der Waals surface area contributed by atoms with E-state index in [2.05, 4.69) is 13.2 Å². The molecule has 37 heavy (non-hydrogen) atoms. The molecule has 8 nitrogen and oxygen atoms in total. The first-order chi connectivity index (χ1) is 17.4. The molecule has 0 aliphatic rings. The Morgan fingerprint density at radius 1 is 1.03 bits per heavy atom. The lowest BCUT2D eigenvalue weighted by atomic mass is 10.1. The van der Waals surface area contributed by atoms with E-state index < -0.39 is 22.6 Å². The summed E-state index contributed by atoms with van der Waals surface area (Å²) in [6.45, 7) is 16.3. The monoisotopic (exact) mass is 508 g/mol. The lowest BCUT2D eigenvalue weighted by molar-refractivity contribution is -0.139. The van der Waals surface area contributed by atoms with Crippen molar-refractivity contribution in [1.82, 2.24) is 0 Å². The molecule has 0 amide bonds. The van der Waals surface area contributed by atoms with Gasteiger partial charge in [0.1, 0.15) is 46.9 Å². The fourth-order valence-corrected chi connectivity index (χ4v) is 3.33. The number of hydrogen-bond acceptors (Lipinski definition) is 8. The predicted octanol–water partition coefficient (Wildman–Crippen LogP) is 5.84. The Morgan fingerprint density at radius 2 is 1.68 bits per heavy atom. The molecule has 196 valence electrons. The number of ether oxygens (including phenoxy) is 4. The van der Waals surface area contributed by atoms with Gasteiger partial charge in [-0.3, -0.25) is 9.59 Å². The highest BCUT2D eigenvalue weighted by Gasteiger charge is 2.24. The van der Waals surface area contributed by atoms with Crippen molar-refractivity contribution in [2.45, 2.75) is 45.8 Å². The number of phenolic OH excluding ortho intramolecular Hbond substituents is 1. The molecule has 8 heteroatoms. The van der Waals surface area contributed by atoms with Gasteiger partial charge in [-0.25, -0.2) is 0 Å². The maximum atomic E-state index is 13.4. The van der Waals surface area contributed by atoms with Gasteiger partial charge in [-0.2, -0.15) is 0 Å². The molecule has 0 unspecified atom stereocenters. The van der Waals surface area contributed by atoms with Crippen molar-refractivity contribution in [1.29, 1.82) is 0 Å². The number of rotatable bonds is 11. The number of carbonyl (C=O) groups is 1. The van der Waals surface area contributed by atoms with Gasteiger partial charge in [0.15, 0.2) is 11.3 Å². The number of aromatic hydroxyl groups is 1. The highest BCUT2D eigenvalue weighted by atomic mass is 16.5. The number of benzene rings is 2.